The predicted molar refractivity (Wildman–Crippen MR) is 93.4 cm³/mol. The molecular formula is C19H20N2O4. The van der Waals surface area contributed by atoms with Gasteiger partial charge in [-0.05, 0) is 37.3 Å². The van der Waals surface area contributed by atoms with Crippen LogP contribution in [0, 0.1) is 0 Å². The highest BCUT2D eigenvalue weighted by atomic mass is 16.5. The second kappa shape index (κ2) is 5.58. The standard InChI is InChI=1S/C19H20N2O4/c1-19-11-16(15-10-14(24-3)7-8-17(15)25-19)20-18(22)21(19)12-5-4-6-13(9-12)23-2/h4-10,16H,11H2,1-3H3,(H,20,22). The van der Waals surface area contributed by atoms with Gasteiger partial charge in [0.25, 0.3) is 0 Å². The van der Waals surface area contributed by atoms with Gasteiger partial charge in [0.15, 0.2) is 5.72 Å². The largest absolute Gasteiger partial charge is 0.497 e. The summed E-state index contributed by atoms with van der Waals surface area (Å²) >= 11 is 0. The van der Waals surface area contributed by atoms with E-state index in [1.54, 1.807) is 19.1 Å². The Bertz CT molecular complexity index is 838. The fraction of sp³-hybridized carbons (Fsp3) is 0.316. The number of methoxy groups -OCH3 is 2. The quantitative estimate of drug-likeness (QED) is 0.929. The van der Waals surface area contributed by atoms with Crippen LogP contribution >= 0.6 is 0 Å². The Balaban J connectivity index is 1.77. The maximum Gasteiger partial charge on any atom is 0.325 e. The Morgan fingerprint density at radius 1 is 1.16 bits per heavy atom. The third-order valence-corrected chi connectivity index (χ3v) is 4.79. The monoisotopic (exact) mass is 340 g/mol. The van der Waals surface area contributed by atoms with Crippen molar-refractivity contribution in [2.75, 3.05) is 19.1 Å². The zero-order valence-corrected chi connectivity index (χ0v) is 14.4. The molecule has 25 heavy (non-hydrogen) atoms. The van der Waals surface area contributed by atoms with Crippen LogP contribution in [-0.4, -0.2) is 26.0 Å². The van der Waals surface area contributed by atoms with Crippen LogP contribution in [0.25, 0.3) is 0 Å². The molecule has 130 valence electrons. The maximum absolute atomic E-state index is 12.8. The number of hydrogen-bond acceptors (Lipinski definition) is 4. The fourth-order valence-corrected chi connectivity index (χ4v) is 3.62. The van der Waals surface area contributed by atoms with E-state index in [0.29, 0.717) is 12.2 Å². The summed E-state index contributed by atoms with van der Waals surface area (Å²) in [5.41, 5.74) is 0.895. The summed E-state index contributed by atoms with van der Waals surface area (Å²) in [4.78, 5) is 14.5. The number of carbonyl (C=O) groups is 1. The summed E-state index contributed by atoms with van der Waals surface area (Å²) in [5, 5.41) is 3.08. The van der Waals surface area contributed by atoms with Gasteiger partial charge in [0.2, 0.25) is 0 Å². The van der Waals surface area contributed by atoms with Gasteiger partial charge in [-0.3, -0.25) is 4.90 Å². The Hall–Kier alpha value is -2.89. The van der Waals surface area contributed by atoms with E-state index in [4.69, 9.17) is 14.2 Å². The van der Waals surface area contributed by atoms with Crippen LogP contribution in [0.4, 0.5) is 10.5 Å². The molecule has 2 aromatic rings. The molecule has 2 aliphatic rings. The second-order valence-corrected chi connectivity index (χ2v) is 6.42. The number of urea groups is 1. The molecule has 2 heterocycles. The Kier molecular flexibility index (Phi) is 3.49. The minimum Gasteiger partial charge on any atom is -0.497 e. The number of nitrogens with zero attached hydrogens (tertiary/aromatic N) is 1. The van der Waals surface area contributed by atoms with Gasteiger partial charge in [-0.1, -0.05) is 6.07 Å². The molecule has 2 atom stereocenters. The van der Waals surface area contributed by atoms with Crippen LogP contribution in [0.5, 0.6) is 17.2 Å². The summed E-state index contributed by atoms with van der Waals surface area (Å²) in [6.45, 7) is 1.94. The summed E-state index contributed by atoms with van der Waals surface area (Å²) < 4.78 is 16.8. The van der Waals surface area contributed by atoms with Gasteiger partial charge in [-0.25, -0.2) is 4.79 Å². The van der Waals surface area contributed by atoms with Crippen LogP contribution in [0.2, 0.25) is 0 Å². The average molecular weight is 340 g/mol. The van der Waals surface area contributed by atoms with Crippen LogP contribution in [0.3, 0.4) is 0 Å². The molecule has 0 radical (unpaired) electrons. The van der Waals surface area contributed by atoms with E-state index >= 15 is 0 Å². The first-order valence-electron chi connectivity index (χ1n) is 8.16. The van der Waals surface area contributed by atoms with Crippen LogP contribution in [0.1, 0.15) is 24.9 Å². The van der Waals surface area contributed by atoms with Crippen molar-refractivity contribution in [1.29, 1.82) is 0 Å². The van der Waals surface area contributed by atoms with Crippen LogP contribution in [-0.2, 0) is 0 Å². The molecule has 2 bridgehead atoms. The molecule has 0 saturated carbocycles. The smallest absolute Gasteiger partial charge is 0.325 e. The van der Waals surface area contributed by atoms with Crippen molar-refractivity contribution in [1.82, 2.24) is 5.32 Å². The molecule has 1 fully saturated rings. The molecule has 1 N–H and O–H groups in total. The van der Waals surface area contributed by atoms with E-state index in [-0.39, 0.29) is 12.1 Å². The highest BCUT2D eigenvalue weighted by molar-refractivity contribution is 5.95. The van der Waals surface area contributed by atoms with Gasteiger partial charge in [-0.2, -0.15) is 0 Å². The lowest BCUT2D eigenvalue weighted by atomic mass is 9.90. The minimum atomic E-state index is -0.777. The maximum atomic E-state index is 12.8. The normalized spacial score (nSPS) is 24.0. The molecule has 0 aromatic heterocycles. The number of fused-ring (bicyclic) bond motifs is 4. The minimum absolute atomic E-state index is 0.113. The molecule has 2 aromatic carbocycles. The molecule has 0 aliphatic carbocycles. The molecule has 0 spiro atoms. The van der Waals surface area contributed by atoms with E-state index in [1.165, 1.54) is 0 Å². The van der Waals surface area contributed by atoms with Crippen LogP contribution in [0.15, 0.2) is 42.5 Å². The highest BCUT2D eigenvalue weighted by Gasteiger charge is 2.50. The first-order chi connectivity index (χ1) is 12.0. The number of nitrogens with one attached hydrogen (secondary N) is 1. The van der Waals surface area contributed by atoms with Gasteiger partial charge in [-0.15, -0.1) is 0 Å². The summed E-state index contributed by atoms with van der Waals surface area (Å²) in [6, 6.07) is 12.8. The fourth-order valence-electron chi connectivity index (χ4n) is 3.62. The van der Waals surface area contributed by atoms with Crippen molar-refractivity contribution in [3.8, 4) is 17.2 Å². The molecule has 2 aliphatic heterocycles. The molecule has 2 amide bonds. The van der Waals surface area contributed by atoms with E-state index in [9.17, 15) is 4.79 Å². The van der Waals surface area contributed by atoms with Crippen molar-refractivity contribution in [2.45, 2.75) is 25.1 Å². The molecule has 4 rings (SSSR count). The van der Waals surface area contributed by atoms with Gasteiger partial charge in [0, 0.05) is 18.1 Å². The van der Waals surface area contributed by atoms with Crippen molar-refractivity contribution in [2.24, 2.45) is 0 Å². The number of benzene rings is 2. The topological polar surface area (TPSA) is 60.0 Å². The van der Waals surface area contributed by atoms with Crippen molar-refractivity contribution in [3.63, 3.8) is 0 Å². The van der Waals surface area contributed by atoms with E-state index in [2.05, 4.69) is 5.32 Å². The van der Waals surface area contributed by atoms with Gasteiger partial charge < -0.3 is 19.5 Å². The number of rotatable bonds is 3. The summed E-state index contributed by atoms with van der Waals surface area (Å²) in [6.07, 6.45) is 0.635. The summed E-state index contributed by atoms with van der Waals surface area (Å²) in [5.74, 6) is 2.19. The number of hydrogen-bond donors (Lipinski definition) is 1. The number of ether oxygens (including phenoxy) is 3. The zero-order valence-electron chi connectivity index (χ0n) is 14.4. The predicted octanol–water partition coefficient (Wildman–Crippen LogP) is 3.47. The zero-order chi connectivity index (χ0) is 17.6. The van der Waals surface area contributed by atoms with E-state index in [0.717, 1.165) is 22.7 Å². The van der Waals surface area contributed by atoms with Crippen molar-refractivity contribution < 1.29 is 19.0 Å². The molecule has 2 unspecified atom stereocenters. The number of amides is 2. The molecule has 6 heteroatoms. The number of anilines is 1. The molecule has 6 nitrogen and oxygen atoms in total. The lowest BCUT2D eigenvalue weighted by Gasteiger charge is -2.50. The second-order valence-electron chi connectivity index (χ2n) is 6.42. The Morgan fingerprint density at radius 3 is 2.68 bits per heavy atom. The third-order valence-electron chi connectivity index (χ3n) is 4.79. The van der Waals surface area contributed by atoms with Crippen LogP contribution < -0.4 is 24.4 Å². The van der Waals surface area contributed by atoms with Gasteiger partial charge in [0.1, 0.15) is 17.2 Å². The summed E-state index contributed by atoms with van der Waals surface area (Å²) in [7, 11) is 3.23. The lowest BCUT2D eigenvalue weighted by molar-refractivity contribution is 0.0377. The van der Waals surface area contributed by atoms with Gasteiger partial charge >= 0.3 is 6.03 Å². The van der Waals surface area contributed by atoms with E-state index < -0.39 is 5.72 Å². The Morgan fingerprint density at radius 2 is 1.92 bits per heavy atom. The van der Waals surface area contributed by atoms with Crippen molar-refractivity contribution >= 4 is 11.7 Å². The first-order valence-corrected chi connectivity index (χ1v) is 8.16. The van der Waals surface area contributed by atoms with Crippen molar-refractivity contribution in [3.05, 3.63) is 48.0 Å². The van der Waals surface area contributed by atoms with E-state index in [1.807, 2.05) is 49.4 Å². The SMILES string of the molecule is COc1cccc(N2C(=O)NC3CC2(C)Oc2ccc(OC)cc23)c1. The van der Waals surface area contributed by atoms with Gasteiger partial charge in [0.05, 0.1) is 25.9 Å². The first kappa shape index (κ1) is 15.6. The molecule has 1 saturated heterocycles. The molecular weight excluding hydrogens is 320 g/mol. The third kappa shape index (κ3) is 2.45. The lowest BCUT2D eigenvalue weighted by Crippen LogP contribution is -2.65. The number of carbonyl (C=O) groups excluding carboxylic acids is 1. The average Bonchev–Trinajstić information content (AvgIpc) is 2.61. The highest BCUT2D eigenvalue weighted by Crippen LogP contribution is 2.46. The Labute approximate surface area is 146 Å².